The maximum absolute atomic E-state index is 11.0. The number of carbonyl (C=O) groups is 1. The molecule has 18 heavy (non-hydrogen) atoms. The Balaban J connectivity index is 2.63. The highest BCUT2D eigenvalue weighted by molar-refractivity contribution is 5.85. The van der Waals surface area contributed by atoms with Crippen molar-refractivity contribution in [2.24, 2.45) is 0 Å². The van der Waals surface area contributed by atoms with E-state index < -0.39 is 5.97 Å². The van der Waals surface area contributed by atoms with E-state index in [1.165, 1.54) is 6.07 Å². The molecule has 0 aliphatic rings. The zero-order chi connectivity index (χ0) is 13.4. The molecule has 0 atom stereocenters. The molecular formula is C12H14N4O2. The van der Waals surface area contributed by atoms with E-state index in [-0.39, 0.29) is 5.69 Å². The number of nitrogens with zero attached hydrogens (tertiary/aromatic N) is 4. The average Bonchev–Trinajstić information content (AvgIpc) is 2.56. The van der Waals surface area contributed by atoms with E-state index in [0.717, 1.165) is 17.0 Å². The van der Waals surface area contributed by atoms with Gasteiger partial charge in [0.2, 0.25) is 0 Å². The normalized spacial score (nSPS) is 10.7. The van der Waals surface area contributed by atoms with Gasteiger partial charge in [0.1, 0.15) is 0 Å². The third kappa shape index (κ3) is 1.97. The smallest absolute Gasteiger partial charge is 0.354 e. The van der Waals surface area contributed by atoms with Crippen LogP contribution in [-0.2, 0) is 0 Å². The minimum absolute atomic E-state index is 0.0253. The SMILES string of the molecule is Cc1cc(C(=O)O)nc(-n2nc(C)c(C)c2C)n1. The number of aromatic nitrogens is 4. The van der Waals surface area contributed by atoms with Crippen molar-refractivity contribution in [1.82, 2.24) is 19.7 Å². The van der Waals surface area contributed by atoms with Crippen LogP contribution < -0.4 is 0 Å². The second-order valence-corrected chi connectivity index (χ2v) is 4.21. The van der Waals surface area contributed by atoms with E-state index in [4.69, 9.17) is 5.11 Å². The summed E-state index contributed by atoms with van der Waals surface area (Å²) in [6.45, 7) is 7.49. The quantitative estimate of drug-likeness (QED) is 0.870. The van der Waals surface area contributed by atoms with Gasteiger partial charge >= 0.3 is 5.97 Å². The average molecular weight is 246 g/mol. The molecule has 6 nitrogen and oxygen atoms in total. The molecule has 0 aromatic carbocycles. The van der Waals surface area contributed by atoms with Gasteiger partial charge in [-0.15, -0.1) is 0 Å². The summed E-state index contributed by atoms with van der Waals surface area (Å²) in [5, 5.41) is 13.3. The van der Waals surface area contributed by atoms with Crippen LogP contribution in [0.25, 0.3) is 5.95 Å². The molecule has 1 N–H and O–H groups in total. The predicted octanol–water partition coefficient (Wildman–Crippen LogP) is 1.59. The molecule has 0 fully saturated rings. The van der Waals surface area contributed by atoms with Gasteiger partial charge in [-0.3, -0.25) is 0 Å². The monoisotopic (exact) mass is 246 g/mol. The molecule has 2 aromatic heterocycles. The summed E-state index contributed by atoms with van der Waals surface area (Å²) in [5.41, 5.74) is 3.42. The summed E-state index contributed by atoms with van der Waals surface area (Å²) >= 11 is 0. The Kier molecular flexibility index (Phi) is 2.86. The number of rotatable bonds is 2. The van der Waals surface area contributed by atoms with Crippen LogP contribution >= 0.6 is 0 Å². The summed E-state index contributed by atoms with van der Waals surface area (Å²) < 4.78 is 1.57. The minimum Gasteiger partial charge on any atom is -0.477 e. The molecule has 94 valence electrons. The van der Waals surface area contributed by atoms with Crippen LogP contribution in [0, 0.1) is 27.7 Å². The van der Waals surface area contributed by atoms with Crippen molar-refractivity contribution in [3.05, 3.63) is 34.4 Å². The third-order valence-electron chi connectivity index (χ3n) is 2.90. The Morgan fingerprint density at radius 2 is 1.89 bits per heavy atom. The first-order chi connectivity index (χ1) is 8.40. The van der Waals surface area contributed by atoms with Crippen LogP contribution in [0.2, 0.25) is 0 Å². The van der Waals surface area contributed by atoms with Gasteiger partial charge in [-0.05, 0) is 39.3 Å². The lowest BCUT2D eigenvalue weighted by atomic mass is 10.2. The Morgan fingerprint density at radius 3 is 2.39 bits per heavy atom. The van der Waals surface area contributed by atoms with Crippen LogP contribution in [0.1, 0.15) is 33.1 Å². The molecular weight excluding hydrogens is 232 g/mol. The van der Waals surface area contributed by atoms with E-state index in [2.05, 4.69) is 15.1 Å². The van der Waals surface area contributed by atoms with Crippen molar-refractivity contribution < 1.29 is 9.90 Å². The Labute approximate surface area is 104 Å². The Bertz CT molecular complexity index is 631. The van der Waals surface area contributed by atoms with Crippen molar-refractivity contribution >= 4 is 5.97 Å². The van der Waals surface area contributed by atoms with Gasteiger partial charge < -0.3 is 5.11 Å². The molecule has 2 rings (SSSR count). The van der Waals surface area contributed by atoms with Gasteiger partial charge in [-0.25, -0.2) is 19.4 Å². The fourth-order valence-corrected chi connectivity index (χ4v) is 1.67. The van der Waals surface area contributed by atoms with E-state index in [1.54, 1.807) is 11.6 Å². The van der Waals surface area contributed by atoms with E-state index in [0.29, 0.717) is 11.6 Å². The largest absolute Gasteiger partial charge is 0.477 e. The topological polar surface area (TPSA) is 80.9 Å². The van der Waals surface area contributed by atoms with E-state index in [9.17, 15) is 4.79 Å². The maximum atomic E-state index is 11.0. The highest BCUT2D eigenvalue weighted by atomic mass is 16.4. The lowest BCUT2D eigenvalue weighted by Gasteiger charge is -2.05. The summed E-state index contributed by atoms with van der Waals surface area (Å²) in [6, 6.07) is 1.43. The number of carboxylic acid groups (broad SMARTS) is 1. The highest BCUT2D eigenvalue weighted by Crippen LogP contribution is 2.14. The molecule has 0 saturated heterocycles. The third-order valence-corrected chi connectivity index (χ3v) is 2.90. The molecule has 0 saturated carbocycles. The van der Waals surface area contributed by atoms with Gasteiger partial charge in [-0.1, -0.05) is 0 Å². The van der Waals surface area contributed by atoms with Crippen LogP contribution in [0.3, 0.4) is 0 Å². The van der Waals surface area contributed by atoms with Gasteiger partial charge in [-0.2, -0.15) is 5.10 Å². The van der Waals surface area contributed by atoms with Crippen molar-refractivity contribution in [2.75, 3.05) is 0 Å². The Hall–Kier alpha value is -2.24. The second-order valence-electron chi connectivity index (χ2n) is 4.21. The van der Waals surface area contributed by atoms with Gasteiger partial charge in [0.25, 0.3) is 5.95 Å². The lowest BCUT2D eigenvalue weighted by Crippen LogP contribution is -2.11. The first kappa shape index (κ1) is 12.2. The summed E-state index contributed by atoms with van der Waals surface area (Å²) in [5.74, 6) is -0.777. The van der Waals surface area contributed by atoms with Crippen LogP contribution in [-0.4, -0.2) is 30.8 Å². The fraction of sp³-hybridized carbons (Fsp3) is 0.333. The molecule has 0 spiro atoms. The molecule has 0 radical (unpaired) electrons. The summed E-state index contributed by atoms with van der Waals surface area (Å²) in [4.78, 5) is 19.2. The number of aryl methyl sites for hydroxylation is 2. The number of carboxylic acids is 1. The first-order valence-electron chi connectivity index (χ1n) is 5.52. The molecule has 0 aliphatic heterocycles. The molecule has 2 heterocycles. The molecule has 0 aliphatic carbocycles. The van der Waals surface area contributed by atoms with Crippen molar-refractivity contribution in [1.29, 1.82) is 0 Å². The van der Waals surface area contributed by atoms with Gasteiger partial charge in [0.15, 0.2) is 5.69 Å². The number of aromatic carboxylic acids is 1. The minimum atomic E-state index is -1.07. The van der Waals surface area contributed by atoms with Gasteiger partial charge in [0, 0.05) is 11.4 Å². The van der Waals surface area contributed by atoms with Crippen molar-refractivity contribution in [3.63, 3.8) is 0 Å². The molecule has 0 amide bonds. The van der Waals surface area contributed by atoms with Crippen LogP contribution in [0.5, 0.6) is 0 Å². The number of hydrogen-bond acceptors (Lipinski definition) is 4. The van der Waals surface area contributed by atoms with Crippen molar-refractivity contribution in [3.8, 4) is 5.95 Å². The van der Waals surface area contributed by atoms with Crippen LogP contribution in [0.15, 0.2) is 6.07 Å². The van der Waals surface area contributed by atoms with Crippen LogP contribution in [0.4, 0.5) is 0 Å². The maximum Gasteiger partial charge on any atom is 0.354 e. The van der Waals surface area contributed by atoms with E-state index in [1.807, 2.05) is 20.8 Å². The lowest BCUT2D eigenvalue weighted by molar-refractivity contribution is 0.0690. The van der Waals surface area contributed by atoms with Gasteiger partial charge in [0.05, 0.1) is 5.69 Å². The second kappa shape index (κ2) is 4.21. The molecule has 6 heteroatoms. The fourth-order valence-electron chi connectivity index (χ4n) is 1.67. The Morgan fingerprint density at radius 1 is 1.22 bits per heavy atom. The van der Waals surface area contributed by atoms with E-state index >= 15 is 0 Å². The summed E-state index contributed by atoms with van der Waals surface area (Å²) in [6.07, 6.45) is 0. The zero-order valence-electron chi connectivity index (χ0n) is 10.7. The molecule has 0 unspecified atom stereocenters. The molecule has 2 aromatic rings. The first-order valence-corrected chi connectivity index (χ1v) is 5.52. The number of hydrogen-bond donors (Lipinski definition) is 1. The predicted molar refractivity (Wildman–Crippen MR) is 65.1 cm³/mol. The van der Waals surface area contributed by atoms with Crippen molar-refractivity contribution in [2.45, 2.75) is 27.7 Å². The zero-order valence-corrected chi connectivity index (χ0v) is 10.7. The standard InChI is InChI=1S/C12H14N4O2/c1-6-5-10(11(17)18)14-12(13-6)16-9(4)7(2)8(3)15-16/h5H,1-4H3,(H,17,18). The molecule has 0 bridgehead atoms. The highest BCUT2D eigenvalue weighted by Gasteiger charge is 2.14. The summed E-state index contributed by atoms with van der Waals surface area (Å²) in [7, 11) is 0.